The molecule has 0 rings (SSSR count). The molecule has 594 valence electrons. The van der Waals surface area contributed by atoms with Crippen LogP contribution in [0.5, 0.6) is 0 Å². The average Bonchev–Trinajstić information content (AvgIpc) is 0.926. The lowest BCUT2D eigenvalue weighted by molar-refractivity contribution is -0.161. The minimum atomic E-state index is -4.96. The Bertz CT molecular complexity index is 1920. The summed E-state index contributed by atoms with van der Waals surface area (Å²) >= 11 is 0. The molecule has 0 bridgehead atoms. The quantitative estimate of drug-likeness (QED) is 0.0222. The van der Waals surface area contributed by atoms with E-state index in [0.717, 1.165) is 102 Å². The van der Waals surface area contributed by atoms with Crippen LogP contribution in [-0.4, -0.2) is 96.7 Å². The highest BCUT2D eigenvalue weighted by atomic mass is 31.2. The molecular weight excluding hydrogens is 1310 g/mol. The van der Waals surface area contributed by atoms with Gasteiger partial charge in [-0.3, -0.25) is 37.3 Å². The number of carbonyl (C=O) groups excluding carboxylic acids is 4. The Morgan fingerprint density at radius 3 is 0.680 bits per heavy atom. The zero-order valence-corrected chi connectivity index (χ0v) is 67.3. The second-order valence-corrected chi connectivity index (χ2v) is 33.0. The molecule has 0 aromatic heterocycles. The Labute approximate surface area is 613 Å². The summed E-state index contributed by atoms with van der Waals surface area (Å²) < 4.78 is 68.8. The molecule has 0 heterocycles. The van der Waals surface area contributed by atoms with Crippen LogP contribution in [0.1, 0.15) is 427 Å². The van der Waals surface area contributed by atoms with Crippen LogP contribution in [-0.2, 0) is 65.4 Å². The Balaban J connectivity index is 5.26. The predicted octanol–water partition coefficient (Wildman–Crippen LogP) is 24.3. The van der Waals surface area contributed by atoms with Crippen LogP contribution in [0.25, 0.3) is 0 Å². The fraction of sp³-hybridized carbons (Fsp3) is 0.951. The minimum absolute atomic E-state index is 0.108. The van der Waals surface area contributed by atoms with Crippen molar-refractivity contribution >= 4 is 39.5 Å². The molecule has 17 nitrogen and oxygen atoms in total. The lowest BCUT2D eigenvalue weighted by Crippen LogP contribution is -2.30. The van der Waals surface area contributed by atoms with Gasteiger partial charge in [-0.1, -0.05) is 375 Å². The van der Waals surface area contributed by atoms with E-state index in [2.05, 4.69) is 41.5 Å². The molecule has 0 amide bonds. The lowest BCUT2D eigenvalue weighted by atomic mass is 10.0. The molecule has 3 N–H and O–H groups in total. The number of aliphatic hydroxyl groups excluding tert-OH is 1. The van der Waals surface area contributed by atoms with E-state index in [4.69, 9.17) is 37.0 Å². The van der Waals surface area contributed by atoms with Crippen molar-refractivity contribution < 1.29 is 80.2 Å². The van der Waals surface area contributed by atoms with Gasteiger partial charge < -0.3 is 33.8 Å². The van der Waals surface area contributed by atoms with Gasteiger partial charge in [-0.15, -0.1) is 0 Å². The maximum atomic E-state index is 13.1. The van der Waals surface area contributed by atoms with Gasteiger partial charge in [-0.25, -0.2) is 9.13 Å². The molecule has 0 radical (unpaired) electrons. The Hall–Kier alpha value is -1.94. The van der Waals surface area contributed by atoms with Crippen LogP contribution in [0.3, 0.4) is 0 Å². The highest BCUT2D eigenvalue weighted by Crippen LogP contribution is 2.45. The normalized spacial score (nSPS) is 13.9. The van der Waals surface area contributed by atoms with Crippen LogP contribution < -0.4 is 0 Å². The summed E-state index contributed by atoms with van der Waals surface area (Å²) in [4.78, 5) is 73.1. The second-order valence-electron chi connectivity index (χ2n) is 30.1. The number of phosphoric acid groups is 2. The fourth-order valence-electron chi connectivity index (χ4n) is 12.5. The van der Waals surface area contributed by atoms with Crippen LogP contribution >= 0.6 is 15.6 Å². The van der Waals surface area contributed by atoms with Gasteiger partial charge in [0.05, 0.1) is 26.4 Å². The number of ether oxygens (including phenoxy) is 4. The molecule has 0 spiro atoms. The van der Waals surface area contributed by atoms with E-state index in [1.807, 2.05) is 0 Å². The van der Waals surface area contributed by atoms with E-state index < -0.39 is 97.5 Å². The first-order valence-corrected chi connectivity index (χ1v) is 45.0. The number of rotatable bonds is 80. The fourth-order valence-corrected chi connectivity index (χ4v) is 14.1. The van der Waals surface area contributed by atoms with Crippen molar-refractivity contribution in [2.24, 2.45) is 11.8 Å². The zero-order chi connectivity index (χ0) is 73.5. The van der Waals surface area contributed by atoms with E-state index in [1.54, 1.807) is 0 Å². The predicted molar refractivity (Wildman–Crippen MR) is 409 cm³/mol. The number of hydrogen-bond donors (Lipinski definition) is 3. The molecule has 0 aliphatic carbocycles. The topological polar surface area (TPSA) is 237 Å². The Kier molecular flexibility index (Phi) is 71.2. The van der Waals surface area contributed by atoms with Crippen molar-refractivity contribution in [2.75, 3.05) is 39.6 Å². The molecule has 5 atom stereocenters. The van der Waals surface area contributed by atoms with Crippen molar-refractivity contribution in [3.05, 3.63) is 0 Å². The van der Waals surface area contributed by atoms with Gasteiger partial charge >= 0.3 is 39.5 Å². The average molecular weight is 1470 g/mol. The van der Waals surface area contributed by atoms with Gasteiger partial charge in [-0.05, 0) is 37.5 Å². The first kappa shape index (κ1) is 98.1. The van der Waals surface area contributed by atoms with Gasteiger partial charge in [0.1, 0.15) is 19.3 Å². The first-order valence-electron chi connectivity index (χ1n) is 42.0. The third-order valence-corrected chi connectivity index (χ3v) is 20.9. The van der Waals surface area contributed by atoms with Gasteiger partial charge in [-0.2, -0.15) is 0 Å². The van der Waals surface area contributed by atoms with E-state index >= 15 is 0 Å². The van der Waals surface area contributed by atoms with Gasteiger partial charge in [0.2, 0.25) is 0 Å². The maximum absolute atomic E-state index is 13.1. The lowest BCUT2D eigenvalue weighted by Gasteiger charge is -2.21. The maximum Gasteiger partial charge on any atom is 0.472 e. The standard InChI is InChI=1S/C81H158O17P2/c1-7-9-11-13-15-17-19-25-33-39-45-51-57-63-78(83)91-69-76(97-80(85)65-59-53-47-41-35-26-20-18-16-14-12-10-8-2)71-95-99(87,88)93-67-75(82)68-94-100(89,90)96-72-77(70-92-79(84)64-58-52-46-40-34-30-24-28-32-38-44-50-56-62-74(5)6)98-81(86)66-60-54-48-42-36-29-23-21-22-27-31-37-43-49-55-61-73(3)4/h73-77,82H,7-72H2,1-6H3,(H,87,88)(H,89,90)/t75-,76+,77+/m0/s1. The summed E-state index contributed by atoms with van der Waals surface area (Å²) in [6, 6.07) is 0. The van der Waals surface area contributed by atoms with Crippen molar-refractivity contribution in [1.29, 1.82) is 0 Å². The van der Waals surface area contributed by atoms with Gasteiger partial charge in [0, 0.05) is 25.7 Å². The van der Waals surface area contributed by atoms with E-state index in [0.29, 0.717) is 25.7 Å². The number of carbonyl (C=O) groups is 4. The van der Waals surface area contributed by atoms with Crippen molar-refractivity contribution in [3.63, 3.8) is 0 Å². The number of phosphoric ester groups is 2. The molecule has 0 aliphatic heterocycles. The van der Waals surface area contributed by atoms with Crippen molar-refractivity contribution in [3.8, 4) is 0 Å². The van der Waals surface area contributed by atoms with Gasteiger partial charge in [0.15, 0.2) is 12.2 Å². The highest BCUT2D eigenvalue weighted by Gasteiger charge is 2.30. The minimum Gasteiger partial charge on any atom is -0.462 e. The number of unbranched alkanes of at least 4 members (excludes halogenated alkanes) is 50. The third kappa shape index (κ3) is 74.3. The highest BCUT2D eigenvalue weighted by molar-refractivity contribution is 7.47. The molecule has 2 unspecified atom stereocenters. The van der Waals surface area contributed by atoms with Gasteiger partial charge in [0.25, 0.3) is 0 Å². The molecular formula is C81H158O17P2. The summed E-state index contributed by atoms with van der Waals surface area (Å²) in [7, 11) is -9.92. The number of aliphatic hydroxyl groups is 1. The molecule has 0 saturated carbocycles. The van der Waals surface area contributed by atoms with E-state index in [1.165, 1.54) is 244 Å². The molecule has 0 fully saturated rings. The zero-order valence-electron chi connectivity index (χ0n) is 65.5. The van der Waals surface area contributed by atoms with Crippen molar-refractivity contribution in [1.82, 2.24) is 0 Å². The Morgan fingerprint density at radius 2 is 0.460 bits per heavy atom. The summed E-state index contributed by atoms with van der Waals surface area (Å²) in [6.45, 7) is 9.69. The molecule has 0 saturated heterocycles. The number of hydrogen-bond acceptors (Lipinski definition) is 15. The van der Waals surface area contributed by atoms with Crippen molar-refractivity contribution in [2.45, 2.75) is 445 Å². The largest absolute Gasteiger partial charge is 0.472 e. The van der Waals surface area contributed by atoms with E-state index in [9.17, 15) is 43.2 Å². The first-order chi connectivity index (χ1) is 48.4. The second kappa shape index (κ2) is 72.6. The summed E-state index contributed by atoms with van der Waals surface area (Å²) in [5, 5.41) is 10.6. The molecule has 19 heteroatoms. The summed E-state index contributed by atoms with van der Waals surface area (Å²) in [6.07, 6.45) is 62.2. The van der Waals surface area contributed by atoms with E-state index in [-0.39, 0.29) is 25.7 Å². The molecule has 0 aromatic rings. The van der Waals surface area contributed by atoms with Crippen LogP contribution in [0.15, 0.2) is 0 Å². The summed E-state index contributed by atoms with van der Waals surface area (Å²) in [5.74, 6) is -0.511. The third-order valence-electron chi connectivity index (χ3n) is 19.0. The molecule has 0 aromatic carbocycles. The van der Waals surface area contributed by atoms with Crippen LogP contribution in [0.4, 0.5) is 0 Å². The smallest absolute Gasteiger partial charge is 0.462 e. The van der Waals surface area contributed by atoms with Crippen LogP contribution in [0, 0.1) is 11.8 Å². The SMILES string of the molecule is CCCCCCCCCCCCCCCC(=O)OC[C@H](COP(=O)(O)OC[C@H](O)COP(=O)(O)OC[C@@H](COC(=O)CCCCCCCCCCCCCCCC(C)C)OC(=O)CCCCCCCCCCCCCCCCCC(C)C)OC(=O)CCCCCCCCCCCCCCC. The molecule has 0 aliphatic rings. The Morgan fingerprint density at radius 1 is 0.270 bits per heavy atom. The summed E-state index contributed by atoms with van der Waals surface area (Å²) in [5.41, 5.74) is 0. The molecule has 100 heavy (non-hydrogen) atoms. The number of esters is 4. The van der Waals surface area contributed by atoms with Crippen LogP contribution in [0.2, 0.25) is 0 Å². The monoisotopic (exact) mass is 1470 g/mol.